The van der Waals surface area contributed by atoms with Crippen molar-refractivity contribution in [1.29, 1.82) is 0 Å². The van der Waals surface area contributed by atoms with Crippen LogP contribution in [-0.2, 0) is 4.74 Å². The predicted octanol–water partition coefficient (Wildman–Crippen LogP) is 1.10. The lowest BCUT2D eigenvalue weighted by Gasteiger charge is -2.30. The van der Waals surface area contributed by atoms with Gasteiger partial charge in [0.25, 0.3) is 0 Å². The summed E-state index contributed by atoms with van der Waals surface area (Å²) in [6, 6.07) is -0.0511. The molecule has 1 aliphatic rings. The highest BCUT2D eigenvalue weighted by molar-refractivity contribution is 5.88. The molecule has 0 bridgehead atoms. The van der Waals surface area contributed by atoms with E-state index in [2.05, 4.69) is 25.5 Å². The lowest BCUT2D eigenvalue weighted by Crippen LogP contribution is -2.47. The van der Waals surface area contributed by atoms with E-state index in [1.54, 1.807) is 4.90 Å². The summed E-state index contributed by atoms with van der Waals surface area (Å²) >= 11 is 0. The van der Waals surface area contributed by atoms with Gasteiger partial charge in [-0.15, -0.1) is 0 Å². The summed E-state index contributed by atoms with van der Waals surface area (Å²) in [5, 5.41) is 9.86. The molecule has 2 heterocycles. The second-order valence-corrected chi connectivity index (χ2v) is 5.97. The highest BCUT2D eigenvalue weighted by Gasteiger charge is 2.25. The minimum absolute atomic E-state index is 0.0511. The maximum atomic E-state index is 12.1. The number of aliphatic imine (C=N–C) groups is 1. The molecule has 0 fully saturated rings. The lowest BCUT2D eigenvalue weighted by atomic mass is 10.2. The van der Waals surface area contributed by atoms with Gasteiger partial charge in [0.15, 0.2) is 0 Å². The van der Waals surface area contributed by atoms with Crippen molar-refractivity contribution in [2.24, 2.45) is 4.99 Å². The summed E-state index contributed by atoms with van der Waals surface area (Å²) in [4.78, 5) is 22.2. The molecular formula is C13H22N6O2. The van der Waals surface area contributed by atoms with E-state index in [0.717, 1.165) is 11.7 Å². The summed E-state index contributed by atoms with van der Waals surface area (Å²) < 4.78 is 5.38. The highest BCUT2D eigenvalue weighted by atomic mass is 16.6. The molecule has 116 valence electrons. The van der Waals surface area contributed by atoms with Crippen LogP contribution in [0.3, 0.4) is 0 Å². The first kappa shape index (κ1) is 15.3. The summed E-state index contributed by atoms with van der Waals surface area (Å²) in [6.45, 7) is 9.06. The zero-order valence-electron chi connectivity index (χ0n) is 12.9. The lowest BCUT2D eigenvalue weighted by molar-refractivity contribution is 0.0276. The zero-order valence-corrected chi connectivity index (χ0v) is 12.9. The van der Waals surface area contributed by atoms with E-state index in [4.69, 9.17) is 4.74 Å². The number of rotatable bonds is 2. The summed E-state index contributed by atoms with van der Waals surface area (Å²) in [5.74, 6) is 1.48. The highest BCUT2D eigenvalue weighted by Crippen LogP contribution is 2.12. The number of ether oxygens (including phenoxy) is 1. The zero-order chi connectivity index (χ0) is 15.5. The third-order valence-electron chi connectivity index (χ3n) is 2.89. The second kappa shape index (κ2) is 6.11. The normalized spacial score (nSPS) is 17.1. The molecule has 21 heavy (non-hydrogen) atoms. The number of aromatic amines is 1. The van der Waals surface area contributed by atoms with E-state index in [0.29, 0.717) is 19.6 Å². The van der Waals surface area contributed by atoms with Gasteiger partial charge in [0.1, 0.15) is 23.6 Å². The van der Waals surface area contributed by atoms with Crippen molar-refractivity contribution in [3.63, 3.8) is 0 Å². The molecule has 1 aliphatic heterocycles. The number of hydrogen-bond acceptors (Lipinski definition) is 6. The monoisotopic (exact) mass is 294 g/mol. The SMILES string of the molecule is CC(NC1=NCCN(C(=O)OC(C)(C)C)C1)c1ncn[nH]1. The molecule has 8 nitrogen and oxygen atoms in total. The predicted molar refractivity (Wildman–Crippen MR) is 78.0 cm³/mol. The van der Waals surface area contributed by atoms with Gasteiger partial charge in [-0.1, -0.05) is 0 Å². The van der Waals surface area contributed by atoms with Gasteiger partial charge in [0.2, 0.25) is 0 Å². The molecule has 1 amide bonds. The second-order valence-electron chi connectivity index (χ2n) is 5.97. The molecule has 1 unspecified atom stereocenters. The Morgan fingerprint density at radius 2 is 2.29 bits per heavy atom. The number of carbonyl (C=O) groups excluding carboxylic acids is 1. The number of amidine groups is 1. The van der Waals surface area contributed by atoms with Crippen LogP contribution in [0.1, 0.15) is 39.6 Å². The van der Waals surface area contributed by atoms with Gasteiger partial charge in [-0.3, -0.25) is 15.0 Å². The van der Waals surface area contributed by atoms with Crippen LogP contribution in [0.25, 0.3) is 0 Å². The van der Waals surface area contributed by atoms with Crippen molar-refractivity contribution in [2.75, 3.05) is 19.6 Å². The van der Waals surface area contributed by atoms with Gasteiger partial charge in [0, 0.05) is 6.54 Å². The largest absolute Gasteiger partial charge is 0.444 e. The topological polar surface area (TPSA) is 95.5 Å². The number of carbonyl (C=O) groups is 1. The minimum atomic E-state index is -0.494. The molecule has 0 saturated heterocycles. The van der Waals surface area contributed by atoms with Gasteiger partial charge in [-0.25, -0.2) is 9.78 Å². The van der Waals surface area contributed by atoms with Gasteiger partial charge >= 0.3 is 6.09 Å². The van der Waals surface area contributed by atoms with E-state index in [9.17, 15) is 4.79 Å². The van der Waals surface area contributed by atoms with Crippen LogP contribution in [0.4, 0.5) is 4.79 Å². The smallest absolute Gasteiger partial charge is 0.410 e. The molecular weight excluding hydrogens is 272 g/mol. The third-order valence-corrected chi connectivity index (χ3v) is 2.89. The Bertz CT molecular complexity index is 505. The quantitative estimate of drug-likeness (QED) is 0.851. The molecule has 0 aromatic carbocycles. The van der Waals surface area contributed by atoms with Crippen molar-refractivity contribution >= 4 is 11.9 Å². The maximum Gasteiger partial charge on any atom is 0.410 e. The average molecular weight is 294 g/mol. The molecule has 1 atom stereocenters. The van der Waals surface area contributed by atoms with Crippen LogP contribution >= 0.6 is 0 Å². The Hall–Kier alpha value is -2.12. The van der Waals surface area contributed by atoms with Crippen LogP contribution in [0.2, 0.25) is 0 Å². The van der Waals surface area contributed by atoms with Gasteiger partial charge < -0.3 is 10.1 Å². The van der Waals surface area contributed by atoms with E-state index < -0.39 is 5.60 Å². The Balaban J connectivity index is 1.91. The van der Waals surface area contributed by atoms with E-state index in [-0.39, 0.29) is 12.1 Å². The van der Waals surface area contributed by atoms with Crippen molar-refractivity contribution < 1.29 is 9.53 Å². The van der Waals surface area contributed by atoms with E-state index >= 15 is 0 Å². The summed E-state index contributed by atoms with van der Waals surface area (Å²) in [6.07, 6.45) is 1.15. The van der Waals surface area contributed by atoms with Crippen LogP contribution in [0, 0.1) is 0 Å². The van der Waals surface area contributed by atoms with Crippen molar-refractivity contribution in [3.8, 4) is 0 Å². The van der Waals surface area contributed by atoms with Gasteiger partial charge in [-0.2, -0.15) is 5.10 Å². The number of nitrogens with zero attached hydrogens (tertiary/aromatic N) is 4. The summed E-state index contributed by atoms with van der Waals surface area (Å²) in [7, 11) is 0. The minimum Gasteiger partial charge on any atom is -0.444 e. The fourth-order valence-electron chi connectivity index (χ4n) is 1.93. The number of nitrogens with one attached hydrogen (secondary N) is 2. The number of H-pyrrole nitrogens is 1. The first-order chi connectivity index (χ1) is 9.85. The molecule has 1 aromatic rings. The molecule has 8 heteroatoms. The van der Waals surface area contributed by atoms with Crippen LogP contribution < -0.4 is 5.32 Å². The van der Waals surface area contributed by atoms with Gasteiger partial charge in [-0.05, 0) is 27.7 Å². The molecule has 2 rings (SSSR count). The maximum absolute atomic E-state index is 12.1. The first-order valence-corrected chi connectivity index (χ1v) is 6.98. The van der Waals surface area contributed by atoms with E-state index in [1.165, 1.54) is 6.33 Å². The Labute approximate surface area is 124 Å². The molecule has 0 spiro atoms. The van der Waals surface area contributed by atoms with Gasteiger partial charge in [0.05, 0.1) is 19.1 Å². The number of amides is 1. The number of hydrogen-bond donors (Lipinski definition) is 2. The molecule has 0 radical (unpaired) electrons. The fourth-order valence-corrected chi connectivity index (χ4v) is 1.93. The third kappa shape index (κ3) is 4.44. The average Bonchev–Trinajstić information content (AvgIpc) is 2.91. The van der Waals surface area contributed by atoms with Crippen molar-refractivity contribution in [1.82, 2.24) is 25.4 Å². The standard InChI is InChI=1S/C13H22N6O2/c1-9(11-15-8-16-18-11)17-10-7-19(6-5-14-10)12(20)21-13(2,3)4/h8-9H,5-7H2,1-4H3,(H,14,17)(H,15,16,18). The molecule has 0 aliphatic carbocycles. The Morgan fingerprint density at radius 1 is 1.52 bits per heavy atom. The van der Waals surface area contributed by atoms with Crippen LogP contribution in [-0.4, -0.2) is 57.2 Å². The van der Waals surface area contributed by atoms with Crippen LogP contribution in [0.15, 0.2) is 11.3 Å². The fraction of sp³-hybridized carbons (Fsp3) is 0.692. The first-order valence-electron chi connectivity index (χ1n) is 6.98. The Morgan fingerprint density at radius 3 is 2.90 bits per heavy atom. The Kier molecular flexibility index (Phi) is 4.44. The molecule has 1 aromatic heterocycles. The van der Waals surface area contributed by atoms with Crippen molar-refractivity contribution in [2.45, 2.75) is 39.3 Å². The van der Waals surface area contributed by atoms with Crippen LogP contribution in [0.5, 0.6) is 0 Å². The van der Waals surface area contributed by atoms with Crippen molar-refractivity contribution in [3.05, 3.63) is 12.2 Å². The van der Waals surface area contributed by atoms with E-state index in [1.807, 2.05) is 27.7 Å². The number of aromatic nitrogens is 3. The molecule has 2 N–H and O–H groups in total. The molecule has 0 saturated carbocycles. The summed E-state index contributed by atoms with van der Waals surface area (Å²) in [5.41, 5.74) is -0.494.